The summed E-state index contributed by atoms with van der Waals surface area (Å²) in [4.78, 5) is 2.23. The van der Waals surface area contributed by atoms with Crippen molar-refractivity contribution in [3.8, 4) is 0 Å². The fourth-order valence-electron chi connectivity index (χ4n) is 0.947. The summed E-state index contributed by atoms with van der Waals surface area (Å²) >= 11 is 0. The molecule has 1 aliphatic heterocycles. The van der Waals surface area contributed by atoms with Crippen LogP contribution in [0.15, 0.2) is 12.7 Å². The average molecular weight is 224 g/mol. The second-order valence-corrected chi connectivity index (χ2v) is 3.90. The molecule has 7 heteroatoms. The van der Waals surface area contributed by atoms with E-state index in [0.29, 0.717) is 6.17 Å². The van der Waals surface area contributed by atoms with Gasteiger partial charge in [-0.05, 0) is 7.05 Å². The molecule has 0 amide bonds. The van der Waals surface area contributed by atoms with Gasteiger partial charge >= 0.3 is 10.4 Å². The Balaban J connectivity index is 0.000000255. The molecular weight excluding hydrogens is 208 g/mol. The summed E-state index contributed by atoms with van der Waals surface area (Å²) in [5.74, 6) is 0. The zero-order chi connectivity index (χ0) is 11.2. The van der Waals surface area contributed by atoms with Crippen LogP contribution in [-0.2, 0) is 14.6 Å². The Morgan fingerprint density at radius 1 is 1.71 bits per heavy atom. The van der Waals surface area contributed by atoms with Gasteiger partial charge in [0.1, 0.15) is 0 Å². The Kier molecular flexibility index (Phi) is 5.89. The van der Waals surface area contributed by atoms with Crippen molar-refractivity contribution in [3.63, 3.8) is 0 Å². The predicted molar refractivity (Wildman–Crippen MR) is 53.2 cm³/mol. The zero-order valence-electron chi connectivity index (χ0n) is 8.30. The van der Waals surface area contributed by atoms with Crippen LogP contribution in [0.25, 0.3) is 0 Å². The third kappa shape index (κ3) is 6.06. The molecule has 0 aliphatic carbocycles. The van der Waals surface area contributed by atoms with E-state index < -0.39 is 10.4 Å². The first-order chi connectivity index (χ1) is 6.40. The summed E-state index contributed by atoms with van der Waals surface area (Å²) in [6, 6.07) is 0. The van der Waals surface area contributed by atoms with E-state index in [1.54, 1.807) is 0 Å². The van der Waals surface area contributed by atoms with Gasteiger partial charge in [0.25, 0.3) is 0 Å². The Labute approximate surface area is 84.5 Å². The molecule has 1 heterocycles. The van der Waals surface area contributed by atoms with Crippen LogP contribution in [-0.4, -0.2) is 51.3 Å². The summed E-state index contributed by atoms with van der Waals surface area (Å²) in [5.41, 5.74) is 0. The molecule has 0 bridgehead atoms. The molecule has 1 saturated heterocycles. The van der Waals surface area contributed by atoms with Gasteiger partial charge in [0.05, 0.1) is 13.3 Å². The van der Waals surface area contributed by atoms with Crippen LogP contribution < -0.4 is 5.32 Å². The van der Waals surface area contributed by atoms with E-state index in [1.807, 2.05) is 6.08 Å². The maximum Gasteiger partial charge on any atom is 0.397 e. The maximum absolute atomic E-state index is 9.33. The summed E-state index contributed by atoms with van der Waals surface area (Å²) in [6.07, 6.45) is 2.34. The molecule has 0 aromatic carbocycles. The molecule has 0 radical (unpaired) electrons. The van der Waals surface area contributed by atoms with Crippen molar-refractivity contribution >= 4 is 10.4 Å². The van der Waals surface area contributed by atoms with Gasteiger partial charge in [-0.1, -0.05) is 6.08 Å². The second kappa shape index (κ2) is 6.10. The molecule has 1 fully saturated rings. The van der Waals surface area contributed by atoms with E-state index in [1.165, 1.54) is 0 Å². The van der Waals surface area contributed by atoms with E-state index in [4.69, 9.17) is 4.55 Å². The van der Waals surface area contributed by atoms with Gasteiger partial charge in [-0.3, -0.25) is 19.0 Å². The van der Waals surface area contributed by atoms with Crippen molar-refractivity contribution in [2.75, 3.05) is 27.2 Å². The van der Waals surface area contributed by atoms with Crippen molar-refractivity contribution in [1.29, 1.82) is 0 Å². The van der Waals surface area contributed by atoms with Crippen LogP contribution in [0, 0.1) is 0 Å². The molecule has 14 heavy (non-hydrogen) atoms. The Morgan fingerprint density at radius 2 is 2.21 bits per heavy atom. The molecule has 0 spiro atoms. The Bertz CT molecular complexity index is 265. The van der Waals surface area contributed by atoms with E-state index in [-0.39, 0.29) is 0 Å². The first kappa shape index (κ1) is 13.5. The number of hydrogen-bond acceptors (Lipinski definition) is 5. The quantitative estimate of drug-likeness (QED) is 0.485. The third-order valence-electron chi connectivity index (χ3n) is 1.73. The lowest BCUT2D eigenvalue weighted by atomic mass is 10.5. The van der Waals surface area contributed by atoms with Gasteiger partial charge in [-0.2, -0.15) is 8.42 Å². The SMILES string of the molecule is C=CC1NCCN1C.COS(=O)(=O)O. The van der Waals surface area contributed by atoms with Crippen LogP contribution in [0.2, 0.25) is 0 Å². The molecule has 6 nitrogen and oxygen atoms in total. The summed E-state index contributed by atoms with van der Waals surface area (Å²) in [7, 11) is -1.20. The fourth-order valence-corrected chi connectivity index (χ4v) is 0.947. The minimum absolute atomic E-state index is 0.412. The molecule has 1 unspecified atom stereocenters. The van der Waals surface area contributed by atoms with Gasteiger partial charge in [-0.15, -0.1) is 6.58 Å². The molecule has 0 aromatic rings. The topological polar surface area (TPSA) is 78.9 Å². The first-order valence-electron chi connectivity index (χ1n) is 4.00. The van der Waals surface area contributed by atoms with Crippen molar-refractivity contribution < 1.29 is 17.2 Å². The van der Waals surface area contributed by atoms with Crippen molar-refractivity contribution in [2.24, 2.45) is 0 Å². The molecule has 2 N–H and O–H groups in total. The van der Waals surface area contributed by atoms with Gasteiger partial charge < -0.3 is 0 Å². The number of likely N-dealkylation sites (N-methyl/N-ethyl adjacent to an activating group) is 1. The van der Waals surface area contributed by atoms with Crippen molar-refractivity contribution in [3.05, 3.63) is 12.7 Å². The van der Waals surface area contributed by atoms with Gasteiger partial charge in [-0.25, -0.2) is 0 Å². The standard InChI is InChI=1S/C6H12N2.CH4O4S/c1-3-6-7-4-5-8(6)2;1-5-6(2,3)4/h3,6-7H,1,4-5H2,2H3;1H3,(H,2,3,4). The number of rotatable bonds is 2. The normalized spacial score (nSPS) is 22.6. The molecule has 84 valence electrons. The second-order valence-electron chi connectivity index (χ2n) is 2.71. The number of hydrogen-bond donors (Lipinski definition) is 2. The van der Waals surface area contributed by atoms with Crippen LogP contribution in [0.1, 0.15) is 0 Å². The molecular formula is C7H16N2O4S. The van der Waals surface area contributed by atoms with Crippen LogP contribution >= 0.6 is 0 Å². The fraction of sp³-hybridized carbons (Fsp3) is 0.714. The van der Waals surface area contributed by atoms with Gasteiger partial charge in [0, 0.05) is 13.1 Å². The third-order valence-corrected chi connectivity index (χ3v) is 2.15. The number of nitrogens with one attached hydrogen (secondary N) is 1. The van der Waals surface area contributed by atoms with E-state index in [9.17, 15) is 8.42 Å². The minimum Gasteiger partial charge on any atom is -0.297 e. The van der Waals surface area contributed by atoms with E-state index in [0.717, 1.165) is 20.2 Å². The lowest BCUT2D eigenvalue weighted by Crippen LogP contribution is -2.29. The minimum atomic E-state index is -4.16. The maximum atomic E-state index is 9.33. The molecule has 0 aromatic heterocycles. The van der Waals surface area contributed by atoms with Crippen LogP contribution in [0.5, 0.6) is 0 Å². The lowest BCUT2D eigenvalue weighted by molar-refractivity contribution is 0.324. The highest BCUT2D eigenvalue weighted by Gasteiger charge is 2.14. The van der Waals surface area contributed by atoms with Crippen LogP contribution in [0.4, 0.5) is 0 Å². The Hall–Kier alpha value is -0.470. The highest BCUT2D eigenvalue weighted by molar-refractivity contribution is 7.80. The highest BCUT2D eigenvalue weighted by Crippen LogP contribution is 1.97. The molecule has 1 atom stereocenters. The van der Waals surface area contributed by atoms with E-state index in [2.05, 4.69) is 28.0 Å². The van der Waals surface area contributed by atoms with Gasteiger partial charge in [0.15, 0.2) is 0 Å². The van der Waals surface area contributed by atoms with Crippen molar-refractivity contribution in [2.45, 2.75) is 6.17 Å². The zero-order valence-corrected chi connectivity index (χ0v) is 9.12. The molecule has 1 rings (SSSR count). The van der Waals surface area contributed by atoms with Crippen LogP contribution in [0.3, 0.4) is 0 Å². The molecule has 1 aliphatic rings. The highest BCUT2D eigenvalue weighted by atomic mass is 32.3. The average Bonchev–Trinajstić information content (AvgIpc) is 2.51. The van der Waals surface area contributed by atoms with E-state index >= 15 is 0 Å². The van der Waals surface area contributed by atoms with Crippen molar-refractivity contribution in [1.82, 2.24) is 10.2 Å². The summed E-state index contributed by atoms with van der Waals surface area (Å²) in [5, 5.41) is 3.26. The number of nitrogens with zero attached hydrogens (tertiary/aromatic N) is 1. The lowest BCUT2D eigenvalue weighted by Gasteiger charge is -2.13. The summed E-state index contributed by atoms with van der Waals surface area (Å²) in [6.45, 7) is 5.92. The largest absolute Gasteiger partial charge is 0.397 e. The van der Waals surface area contributed by atoms with Gasteiger partial charge in [0.2, 0.25) is 0 Å². The predicted octanol–water partition coefficient (Wildman–Crippen LogP) is -0.531. The monoisotopic (exact) mass is 224 g/mol. The summed E-state index contributed by atoms with van der Waals surface area (Å²) < 4.78 is 29.7. The Morgan fingerprint density at radius 3 is 2.36 bits per heavy atom. The first-order valence-corrected chi connectivity index (χ1v) is 5.36. The smallest absolute Gasteiger partial charge is 0.297 e. The molecule has 0 saturated carbocycles.